The van der Waals surface area contributed by atoms with Crippen molar-refractivity contribution in [2.24, 2.45) is 5.92 Å². The molecule has 0 atom stereocenters. The van der Waals surface area contributed by atoms with Gasteiger partial charge in [0.1, 0.15) is 0 Å². The first-order valence-electron chi connectivity index (χ1n) is 7.14. The number of benzene rings is 1. The fraction of sp³-hybridized carbons (Fsp3) is 0.353. The molecule has 1 aromatic carbocycles. The van der Waals surface area contributed by atoms with Crippen LogP contribution in [0.25, 0.3) is 17.0 Å². The topological polar surface area (TPSA) is 24.9 Å². The number of nitrogens with zero attached hydrogens (tertiary/aromatic N) is 1. The molecule has 2 heteroatoms. The van der Waals surface area contributed by atoms with E-state index in [4.69, 9.17) is 0 Å². The summed E-state index contributed by atoms with van der Waals surface area (Å²) in [6, 6.07) is 10.4. The minimum absolute atomic E-state index is 0.852. The second kappa shape index (κ2) is 5.98. The Balaban J connectivity index is 1.73. The van der Waals surface area contributed by atoms with Crippen molar-refractivity contribution in [1.82, 2.24) is 10.3 Å². The van der Waals surface area contributed by atoms with E-state index < -0.39 is 0 Å². The quantitative estimate of drug-likeness (QED) is 0.902. The molecule has 1 aliphatic heterocycles. The fourth-order valence-corrected chi connectivity index (χ4v) is 2.77. The standard InChI is InChI=1S/C17H20N2/c1-2-7-17-16(6-1)15(10-13-19-17)5-3-4-14-8-11-18-12-9-14/h1-3,5-7,10,13-14,18H,4,8-9,11-12H2. The largest absolute Gasteiger partial charge is 0.317 e. The summed E-state index contributed by atoms with van der Waals surface area (Å²) in [4.78, 5) is 4.40. The molecule has 2 aromatic rings. The van der Waals surface area contributed by atoms with Crippen molar-refractivity contribution < 1.29 is 0 Å². The van der Waals surface area contributed by atoms with Crippen molar-refractivity contribution >= 4 is 17.0 Å². The van der Waals surface area contributed by atoms with Gasteiger partial charge in [-0.05, 0) is 56.0 Å². The SMILES string of the molecule is C(=Cc1ccnc2ccccc12)CC1CCNCC1. The molecular formula is C17H20N2. The number of aromatic nitrogens is 1. The lowest BCUT2D eigenvalue weighted by Crippen LogP contribution is -2.27. The predicted octanol–water partition coefficient (Wildman–Crippen LogP) is 3.64. The summed E-state index contributed by atoms with van der Waals surface area (Å²) in [5, 5.41) is 4.66. The summed E-state index contributed by atoms with van der Waals surface area (Å²) in [6.45, 7) is 2.35. The monoisotopic (exact) mass is 252 g/mol. The molecule has 98 valence electrons. The number of pyridine rings is 1. The molecule has 0 amide bonds. The van der Waals surface area contributed by atoms with E-state index in [-0.39, 0.29) is 0 Å². The van der Waals surface area contributed by atoms with Gasteiger partial charge < -0.3 is 5.32 Å². The van der Waals surface area contributed by atoms with Crippen LogP contribution in [0.4, 0.5) is 0 Å². The summed E-state index contributed by atoms with van der Waals surface area (Å²) in [5.74, 6) is 0.852. The first-order chi connectivity index (χ1) is 9.43. The molecule has 2 nitrogen and oxygen atoms in total. The van der Waals surface area contributed by atoms with Gasteiger partial charge in [0.2, 0.25) is 0 Å². The lowest BCUT2D eigenvalue weighted by molar-refractivity contribution is 0.378. The van der Waals surface area contributed by atoms with Gasteiger partial charge in [0.05, 0.1) is 5.52 Å². The minimum Gasteiger partial charge on any atom is -0.317 e. The molecule has 1 fully saturated rings. The van der Waals surface area contributed by atoms with E-state index in [1.165, 1.54) is 43.3 Å². The normalized spacial score (nSPS) is 17.3. The van der Waals surface area contributed by atoms with Gasteiger partial charge in [-0.3, -0.25) is 4.98 Å². The summed E-state index contributed by atoms with van der Waals surface area (Å²) >= 11 is 0. The Morgan fingerprint density at radius 3 is 2.89 bits per heavy atom. The first-order valence-corrected chi connectivity index (χ1v) is 7.14. The number of para-hydroxylation sites is 1. The number of rotatable bonds is 3. The number of piperidine rings is 1. The fourth-order valence-electron chi connectivity index (χ4n) is 2.77. The van der Waals surface area contributed by atoms with Crippen LogP contribution in [0.2, 0.25) is 0 Å². The second-order valence-corrected chi connectivity index (χ2v) is 5.25. The van der Waals surface area contributed by atoms with Crippen molar-refractivity contribution in [1.29, 1.82) is 0 Å². The van der Waals surface area contributed by atoms with Crippen molar-refractivity contribution in [3.05, 3.63) is 48.2 Å². The zero-order chi connectivity index (χ0) is 12.9. The Morgan fingerprint density at radius 2 is 2.00 bits per heavy atom. The maximum atomic E-state index is 4.40. The molecule has 1 aromatic heterocycles. The zero-order valence-electron chi connectivity index (χ0n) is 11.2. The lowest BCUT2D eigenvalue weighted by Gasteiger charge is -2.20. The van der Waals surface area contributed by atoms with Gasteiger partial charge in [-0.25, -0.2) is 0 Å². The van der Waals surface area contributed by atoms with E-state index in [0.717, 1.165) is 11.4 Å². The third kappa shape index (κ3) is 3.02. The Bertz CT molecular complexity index is 563. The predicted molar refractivity (Wildman–Crippen MR) is 81.0 cm³/mol. The summed E-state index contributed by atoms with van der Waals surface area (Å²) in [6.07, 6.45) is 10.3. The maximum absolute atomic E-state index is 4.40. The lowest BCUT2D eigenvalue weighted by atomic mass is 9.94. The number of hydrogen-bond donors (Lipinski definition) is 1. The third-order valence-corrected chi connectivity index (χ3v) is 3.91. The molecule has 0 unspecified atom stereocenters. The van der Waals surface area contributed by atoms with Crippen molar-refractivity contribution in [2.45, 2.75) is 19.3 Å². The molecule has 0 bridgehead atoms. The van der Waals surface area contributed by atoms with E-state index in [2.05, 4.69) is 46.7 Å². The van der Waals surface area contributed by atoms with Gasteiger partial charge in [0.15, 0.2) is 0 Å². The molecule has 3 rings (SSSR count). The van der Waals surface area contributed by atoms with Crippen molar-refractivity contribution in [3.63, 3.8) is 0 Å². The molecule has 0 aliphatic carbocycles. The molecule has 0 spiro atoms. The van der Waals surface area contributed by atoms with Gasteiger partial charge in [-0.15, -0.1) is 0 Å². The molecule has 0 saturated carbocycles. The van der Waals surface area contributed by atoms with Crippen LogP contribution in [-0.2, 0) is 0 Å². The van der Waals surface area contributed by atoms with E-state index in [0.29, 0.717) is 0 Å². The molecule has 1 aliphatic rings. The van der Waals surface area contributed by atoms with E-state index in [1.54, 1.807) is 0 Å². The van der Waals surface area contributed by atoms with Gasteiger partial charge in [0.25, 0.3) is 0 Å². The average molecular weight is 252 g/mol. The highest BCUT2D eigenvalue weighted by Gasteiger charge is 2.10. The molecule has 2 heterocycles. The molecule has 1 N–H and O–H groups in total. The van der Waals surface area contributed by atoms with Crippen LogP contribution in [0, 0.1) is 5.92 Å². The van der Waals surface area contributed by atoms with Crippen molar-refractivity contribution in [3.8, 4) is 0 Å². The highest BCUT2D eigenvalue weighted by atomic mass is 14.9. The Kier molecular flexibility index (Phi) is 3.89. The van der Waals surface area contributed by atoms with Crippen LogP contribution in [0.5, 0.6) is 0 Å². The number of allylic oxidation sites excluding steroid dienone is 1. The molecule has 19 heavy (non-hydrogen) atoms. The highest BCUT2D eigenvalue weighted by molar-refractivity contribution is 5.87. The van der Waals surface area contributed by atoms with Crippen LogP contribution in [0.1, 0.15) is 24.8 Å². The first kappa shape index (κ1) is 12.4. The van der Waals surface area contributed by atoms with Crippen LogP contribution < -0.4 is 5.32 Å². The van der Waals surface area contributed by atoms with E-state index in [1.807, 2.05) is 12.3 Å². The second-order valence-electron chi connectivity index (χ2n) is 5.25. The zero-order valence-corrected chi connectivity index (χ0v) is 11.2. The summed E-state index contributed by atoms with van der Waals surface area (Å²) < 4.78 is 0. The molecule has 0 radical (unpaired) electrons. The van der Waals surface area contributed by atoms with Gasteiger partial charge in [-0.2, -0.15) is 0 Å². The van der Waals surface area contributed by atoms with E-state index >= 15 is 0 Å². The Hall–Kier alpha value is -1.67. The number of fused-ring (bicyclic) bond motifs is 1. The van der Waals surface area contributed by atoms with Crippen LogP contribution in [0.3, 0.4) is 0 Å². The van der Waals surface area contributed by atoms with Crippen LogP contribution in [-0.4, -0.2) is 18.1 Å². The van der Waals surface area contributed by atoms with Crippen molar-refractivity contribution in [2.75, 3.05) is 13.1 Å². The van der Waals surface area contributed by atoms with Gasteiger partial charge >= 0.3 is 0 Å². The summed E-state index contributed by atoms with van der Waals surface area (Å²) in [5.41, 5.74) is 2.35. The van der Waals surface area contributed by atoms with Gasteiger partial charge in [0, 0.05) is 11.6 Å². The van der Waals surface area contributed by atoms with Crippen LogP contribution in [0.15, 0.2) is 42.6 Å². The van der Waals surface area contributed by atoms with Crippen LogP contribution >= 0.6 is 0 Å². The Morgan fingerprint density at radius 1 is 1.16 bits per heavy atom. The molecule has 1 saturated heterocycles. The third-order valence-electron chi connectivity index (χ3n) is 3.91. The van der Waals surface area contributed by atoms with Gasteiger partial charge in [-0.1, -0.05) is 30.4 Å². The highest BCUT2D eigenvalue weighted by Crippen LogP contribution is 2.20. The smallest absolute Gasteiger partial charge is 0.0707 e. The Labute approximate surface area is 114 Å². The van der Waals surface area contributed by atoms with E-state index in [9.17, 15) is 0 Å². The number of hydrogen-bond acceptors (Lipinski definition) is 2. The maximum Gasteiger partial charge on any atom is 0.0707 e. The summed E-state index contributed by atoms with van der Waals surface area (Å²) in [7, 11) is 0. The average Bonchev–Trinajstić information content (AvgIpc) is 2.49. The molecular weight excluding hydrogens is 232 g/mol. The number of nitrogens with one attached hydrogen (secondary N) is 1. The minimum atomic E-state index is 0.852.